The topological polar surface area (TPSA) is 80.3 Å². The van der Waals surface area contributed by atoms with Gasteiger partial charge in [-0.3, -0.25) is 4.90 Å². The van der Waals surface area contributed by atoms with E-state index in [4.69, 9.17) is 15.2 Å². The van der Waals surface area contributed by atoms with Gasteiger partial charge in [0.2, 0.25) is 17.8 Å². The van der Waals surface area contributed by atoms with Gasteiger partial charge in [0.1, 0.15) is 23.4 Å². The molecule has 0 amide bonds. The minimum atomic E-state index is 0.361. The van der Waals surface area contributed by atoms with Gasteiger partial charge >= 0.3 is 0 Å². The predicted molar refractivity (Wildman–Crippen MR) is 109 cm³/mol. The second-order valence-electron chi connectivity index (χ2n) is 8.33. The maximum atomic E-state index is 6.63. The highest BCUT2D eigenvalue weighted by molar-refractivity contribution is 5.85. The summed E-state index contributed by atoms with van der Waals surface area (Å²) >= 11 is 0. The summed E-state index contributed by atoms with van der Waals surface area (Å²) in [7, 11) is 0. The number of rotatable bonds is 3. The summed E-state index contributed by atoms with van der Waals surface area (Å²) in [5.74, 6) is 2.32. The molecule has 1 aromatic carbocycles. The number of nitrogens with one attached hydrogen (secondary N) is 1. The minimum absolute atomic E-state index is 0.361. The van der Waals surface area contributed by atoms with Crippen LogP contribution in [0.1, 0.15) is 30.0 Å². The average molecular weight is 392 g/mol. The number of nitrogen functional groups attached to an aromatic ring is 1. The third-order valence-corrected chi connectivity index (χ3v) is 6.47. The van der Waals surface area contributed by atoms with Crippen LogP contribution in [-0.4, -0.2) is 53.8 Å². The van der Waals surface area contributed by atoms with E-state index in [0.717, 1.165) is 67.6 Å². The first-order valence-electron chi connectivity index (χ1n) is 10.5. The van der Waals surface area contributed by atoms with Crippen molar-refractivity contribution in [2.45, 2.75) is 31.2 Å². The summed E-state index contributed by atoms with van der Waals surface area (Å²) < 4.78 is 13.7. The molecule has 3 aliphatic rings. The summed E-state index contributed by atoms with van der Waals surface area (Å²) in [6, 6.07) is 8.74. The number of H-pyrrole nitrogens is 1. The lowest BCUT2D eigenvalue weighted by atomic mass is 9.99. The second kappa shape index (κ2) is 6.71. The Kier molecular flexibility index (Phi) is 3.99. The van der Waals surface area contributed by atoms with Crippen molar-refractivity contribution in [1.82, 2.24) is 14.9 Å². The van der Waals surface area contributed by atoms with Crippen LogP contribution in [0.25, 0.3) is 16.7 Å². The molecular formula is C22H26N5O2+. The fraction of sp³-hybridized carbons (Fsp3) is 0.455. The van der Waals surface area contributed by atoms with Crippen LogP contribution in [0, 0.1) is 0 Å². The van der Waals surface area contributed by atoms with E-state index in [-0.39, 0.29) is 0 Å². The van der Waals surface area contributed by atoms with Crippen molar-refractivity contribution in [2.24, 2.45) is 0 Å². The summed E-state index contributed by atoms with van der Waals surface area (Å²) in [4.78, 5) is 10.6. The Balaban J connectivity index is 1.39. The highest BCUT2D eigenvalue weighted by atomic mass is 16.5. The van der Waals surface area contributed by atoms with Gasteiger partial charge in [-0.2, -0.15) is 0 Å². The van der Waals surface area contributed by atoms with Gasteiger partial charge in [0.15, 0.2) is 0 Å². The molecule has 7 heteroatoms. The van der Waals surface area contributed by atoms with Crippen molar-refractivity contribution in [3.8, 4) is 11.4 Å². The molecule has 1 saturated carbocycles. The number of fused-ring (bicyclic) bond motifs is 2. The van der Waals surface area contributed by atoms with Gasteiger partial charge < -0.3 is 20.2 Å². The molecule has 4 heterocycles. The van der Waals surface area contributed by atoms with E-state index in [1.807, 2.05) is 17.0 Å². The number of hydrogen-bond acceptors (Lipinski definition) is 5. The van der Waals surface area contributed by atoms with Gasteiger partial charge in [0.25, 0.3) is 0 Å². The Bertz CT molecular complexity index is 1070. The fourth-order valence-corrected chi connectivity index (χ4v) is 4.65. The zero-order chi connectivity index (χ0) is 19.4. The van der Waals surface area contributed by atoms with E-state index < -0.39 is 0 Å². The second-order valence-corrected chi connectivity index (χ2v) is 8.33. The Morgan fingerprint density at radius 3 is 2.90 bits per heavy atom. The predicted octanol–water partition coefficient (Wildman–Crippen LogP) is 1.93. The molecule has 2 aromatic heterocycles. The monoisotopic (exact) mass is 392 g/mol. The standard InChI is InChI=1S/C22H25N5O2/c23-21-17-11-18(14-4-5-14)25-22(17)24-13-27(21)19-2-1-3-20-16(19)10-15(12-29-20)26-6-8-28-9-7-26/h1-3,11,13-15H,4-10,12H2,(H2,23,25)/p+1/t15-/m1/s1. The molecule has 150 valence electrons. The normalized spacial score (nSPS) is 22.4. The molecule has 7 nitrogen and oxygen atoms in total. The molecular weight excluding hydrogens is 366 g/mol. The van der Waals surface area contributed by atoms with Gasteiger partial charge in [-0.25, -0.2) is 4.57 Å². The van der Waals surface area contributed by atoms with Crippen LogP contribution in [0.4, 0.5) is 5.82 Å². The number of ether oxygens (including phenoxy) is 2. The van der Waals surface area contributed by atoms with Gasteiger partial charge in [0.05, 0.1) is 13.2 Å². The number of aromatic amines is 1. The minimum Gasteiger partial charge on any atom is -0.492 e. The van der Waals surface area contributed by atoms with Crippen LogP contribution in [0.15, 0.2) is 30.6 Å². The lowest BCUT2D eigenvalue weighted by Crippen LogP contribution is -2.49. The van der Waals surface area contributed by atoms with Crippen LogP contribution >= 0.6 is 0 Å². The van der Waals surface area contributed by atoms with E-state index in [0.29, 0.717) is 12.0 Å². The highest BCUT2D eigenvalue weighted by Gasteiger charge is 2.31. The molecule has 0 radical (unpaired) electrons. The molecule has 0 unspecified atom stereocenters. The van der Waals surface area contributed by atoms with Gasteiger partial charge in [-0.15, -0.1) is 0 Å². The Morgan fingerprint density at radius 1 is 1.21 bits per heavy atom. The molecule has 0 spiro atoms. The molecule has 2 fully saturated rings. The average Bonchev–Trinajstić information content (AvgIpc) is 3.53. The molecule has 29 heavy (non-hydrogen) atoms. The molecule has 6 rings (SSSR count). The smallest absolute Gasteiger partial charge is 0.236 e. The Hall–Kier alpha value is -2.64. The zero-order valence-corrected chi connectivity index (χ0v) is 16.4. The number of morpholine rings is 1. The summed E-state index contributed by atoms with van der Waals surface area (Å²) in [5.41, 5.74) is 11.0. The SMILES string of the molecule is Nc1c2cc(C3CC3)[nH]c2nc[n+]1-c1cccc2c1C[C@@H](N1CCOCC1)CO2. The molecule has 1 saturated heterocycles. The van der Waals surface area contributed by atoms with Crippen LogP contribution in [0.3, 0.4) is 0 Å². The first kappa shape index (κ1) is 17.2. The van der Waals surface area contributed by atoms with Crippen LogP contribution in [-0.2, 0) is 11.2 Å². The first-order valence-corrected chi connectivity index (χ1v) is 10.5. The maximum absolute atomic E-state index is 6.63. The van der Waals surface area contributed by atoms with E-state index in [1.54, 1.807) is 0 Å². The fourth-order valence-electron chi connectivity index (χ4n) is 4.65. The maximum Gasteiger partial charge on any atom is 0.236 e. The van der Waals surface area contributed by atoms with Crippen molar-refractivity contribution in [2.75, 3.05) is 38.6 Å². The van der Waals surface area contributed by atoms with Gasteiger partial charge in [-0.1, -0.05) is 11.1 Å². The summed E-state index contributed by atoms with van der Waals surface area (Å²) in [6.07, 6.45) is 5.27. The summed E-state index contributed by atoms with van der Waals surface area (Å²) in [5, 5.41) is 0.994. The van der Waals surface area contributed by atoms with Crippen LogP contribution in [0.5, 0.6) is 5.75 Å². The van der Waals surface area contributed by atoms with E-state index >= 15 is 0 Å². The number of nitrogens with two attached hydrogens (primary N) is 1. The quantitative estimate of drug-likeness (QED) is 0.666. The molecule has 2 aliphatic heterocycles. The van der Waals surface area contributed by atoms with Crippen molar-refractivity contribution < 1.29 is 14.0 Å². The van der Waals surface area contributed by atoms with Crippen molar-refractivity contribution in [3.05, 3.63) is 41.9 Å². The van der Waals surface area contributed by atoms with Gasteiger partial charge in [-0.05, 0) is 43.4 Å². The number of anilines is 1. The van der Waals surface area contributed by atoms with Gasteiger partial charge in [0, 0.05) is 30.4 Å². The molecule has 3 N–H and O–H groups in total. The molecule has 3 aromatic rings. The Labute approximate surface area is 169 Å². The number of hydrogen-bond donors (Lipinski definition) is 2. The zero-order valence-electron chi connectivity index (χ0n) is 16.4. The van der Waals surface area contributed by atoms with Crippen molar-refractivity contribution >= 4 is 16.9 Å². The van der Waals surface area contributed by atoms with Crippen molar-refractivity contribution in [3.63, 3.8) is 0 Å². The van der Waals surface area contributed by atoms with Crippen LogP contribution < -0.4 is 15.0 Å². The molecule has 1 aliphatic carbocycles. The lowest BCUT2D eigenvalue weighted by molar-refractivity contribution is -0.582. The number of aromatic nitrogens is 3. The third kappa shape index (κ3) is 2.96. The largest absolute Gasteiger partial charge is 0.492 e. The molecule has 0 bridgehead atoms. The lowest BCUT2D eigenvalue weighted by Gasteiger charge is -2.37. The van der Waals surface area contributed by atoms with E-state index in [1.165, 1.54) is 24.1 Å². The highest BCUT2D eigenvalue weighted by Crippen LogP contribution is 2.40. The van der Waals surface area contributed by atoms with Crippen molar-refractivity contribution in [1.29, 1.82) is 0 Å². The van der Waals surface area contributed by atoms with E-state index in [9.17, 15) is 0 Å². The Morgan fingerprint density at radius 2 is 2.07 bits per heavy atom. The first-order chi connectivity index (χ1) is 14.3. The van der Waals surface area contributed by atoms with E-state index in [2.05, 4.69) is 33.1 Å². The third-order valence-electron chi connectivity index (χ3n) is 6.47. The summed E-state index contributed by atoms with van der Waals surface area (Å²) in [6.45, 7) is 4.23. The van der Waals surface area contributed by atoms with Crippen LogP contribution in [0.2, 0.25) is 0 Å². The number of benzene rings is 1. The molecule has 1 atom stereocenters. The number of nitrogens with zero attached hydrogens (tertiary/aromatic N) is 3.